The fourth-order valence-corrected chi connectivity index (χ4v) is 3.97. The standard InChI is InChI=1S/C20H17ClN4O2S/c1-26-16-7-4-15(5-8-16)25-12-22-24-20(25)28-11-14-9-13-3-6-17(27-2)10-18(13)23-19(14)21/h3-10,12H,11H2,1-2H3. The number of hydrogen-bond donors (Lipinski definition) is 0. The van der Waals surface area contributed by atoms with E-state index in [1.54, 1.807) is 32.3 Å². The van der Waals surface area contributed by atoms with Crippen molar-refractivity contribution in [2.24, 2.45) is 0 Å². The number of benzene rings is 2. The number of halogens is 1. The molecule has 2 aromatic heterocycles. The van der Waals surface area contributed by atoms with Gasteiger partial charge in [-0.1, -0.05) is 23.4 Å². The molecule has 0 aliphatic carbocycles. The van der Waals surface area contributed by atoms with E-state index in [9.17, 15) is 0 Å². The Hall–Kier alpha value is -2.77. The number of rotatable bonds is 6. The first-order chi connectivity index (χ1) is 13.7. The van der Waals surface area contributed by atoms with Crippen molar-refractivity contribution < 1.29 is 9.47 Å². The number of thioether (sulfide) groups is 1. The lowest BCUT2D eigenvalue weighted by Gasteiger charge is -2.09. The first-order valence-corrected chi connectivity index (χ1v) is 9.84. The smallest absolute Gasteiger partial charge is 0.195 e. The molecule has 8 heteroatoms. The maximum atomic E-state index is 6.41. The molecule has 0 fully saturated rings. The van der Waals surface area contributed by atoms with Gasteiger partial charge >= 0.3 is 0 Å². The quantitative estimate of drug-likeness (QED) is 0.335. The van der Waals surface area contributed by atoms with E-state index in [-0.39, 0.29) is 0 Å². The molecule has 6 nitrogen and oxygen atoms in total. The summed E-state index contributed by atoms with van der Waals surface area (Å²) in [6, 6.07) is 15.5. The maximum Gasteiger partial charge on any atom is 0.195 e. The second kappa shape index (κ2) is 8.08. The number of methoxy groups -OCH3 is 2. The zero-order valence-corrected chi connectivity index (χ0v) is 16.9. The average molecular weight is 413 g/mol. The van der Waals surface area contributed by atoms with Gasteiger partial charge in [0.1, 0.15) is 23.0 Å². The first kappa shape index (κ1) is 18.6. The largest absolute Gasteiger partial charge is 0.497 e. The Labute approximate surface area is 171 Å². The molecule has 142 valence electrons. The molecule has 0 saturated heterocycles. The van der Waals surface area contributed by atoms with E-state index in [1.165, 1.54) is 0 Å². The summed E-state index contributed by atoms with van der Waals surface area (Å²) in [5, 5.41) is 10.5. The van der Waals surface area contributed by atoms with Crippen LogP contribution in [0.5, 0.6) is 11.5 Å². The van der Waals surface area contributed by atoms with Crippen LogP contribution >= 0.6 is 23.4 Å². The minimum atomic E-state index is 0.476. The van der Waals surface area contributed by atoms with Gasteiger partial charge in [0.2, 0.25) is 0 Å². The van der Waals surface area contributed by atoms with E-state index in [0.717, 1.165) is 38.8 Å². The SMILES string of the molecule is COc1ccc(-n2cnnc2SCc2cc3ccc(OC)cc3nc2Cl)cc1. The topological polar surface area (TPSA) is 62.1 Å². The van der Waals surface area contributed by atoms with Gasteiger partial charge in [-0.15, -0.1) is 10.2 Å². The van der Waals surface area contributed by atoms with Gasteiger partial charge in [0.25, 0.3) is 0 Å². The van der Waals surface area contributed by atoms with Crippen LogP contribution in [-0.2, 0) is 5.75 Å². The lowest BCUT2D eigenvalue weighted by molar-refractivity contribution is 0.414. The van der Waals surface area contributed by atoms with Gasteiger partial charge in [0.15, 0.2) is 5.16 Å². The van der Waals surface area contributed by atoms with E-state index >= 15 is 0 Å². The second-order valence-electron chi connectivity index (χ2n) is 5.97. The molecule has 0 aliphatic rings. The molecule has 4 aromatic rings. The molecule has 28 heavy (non-hydrogen) atoms. The number of pyridine rings is 1. The molecule has 4 rings (SSSR count). The maximum absolute atomic E-state index is 6.41. The van der Waals surface area contributed by atoms with Crippen molar-refractivity contribution in [1.29, 1.82) is 0 Å². The molecule has 2 heterocycles. The van der Waals surface area contributed by atoms with Crippen LogP contribution in [0.1, 0.15) is 5.56 Å². The van der Waals surface area contributed by atoms with E-state index in [2.05, 4.69) is 15.2 Å². The number of hydrogen-bond acceptors (Lipinski definition) is 6. The Morgan fingerprint density at radius 2 is 1.75 bits per heavy atom. The van der Waals surface area contributed by atoms with Gasteiger partial charge in [-0.25, -0.2) is 4.98 Å². The summed E-state index contributed by atoms with van der Waals surface area (Å²) < 4.78 is 12.4. The third kappa shape index (κ3) is 3.76. The summed E-state index contributed by atoms with van der Waals surface area (Å²) in [4.78, 5) is 4.50. The van der Waals surface area contributed by atoms with Crippen LogP contribution < -0.4 is 9.47 Å². The summed E-state index contributed by atoms with van der Waals surface area (Å²) in [5.41, 5.74) is 2.70. The predicted octanol–water partition coefficient (Wildman–Crippen LogP) is 4.78. The molecule has 0 spiro atoms. The Kier molecular flexibility index (Phi) is 5.36. The van der Waals surface area contributed by atoms with Crippen LogP contribution in [0, 0.1) is 0 Å². The third-order valence-electron chi connectivity index (χ3n) is 4.27. The van der Waals surface area contributed by atoms with E-state index < -0.39 is 0 Å². The Balaban J connectivity index is 1.56. The number of fused-ring (bicyclic) bond motifs is 1. The van der Waals surface area contributed by atoms with Gasteiger partial charge in [0.05, 0.1) is 19.7 Å². The summed E-state index contributed by atoms with van der Waals surface area (Å²) >= 11 is 7.96. The monoisotopic (exact) mass is 412 g/mol. The fraction of sp³-hybridized carbons (Fsp3) is 0.150. The highest BCUT2D eigenvalue weighted by Crippen LogP contribution is 2.30. The van der Waals surface area contributed by atoms with Crippen LogP contribution in [0.3, 0.4) is 0 Å². The van der Waals surface area contributed by atoms with Gasteiger partial charge in [-0.3, -0.25) is 4.57 Å². The van der Waals surface area contributed by atoms with Crippen molar-refractivity contribution in [3.05, 3.63) is 65.6 Å². The van der Waals surface area contributed by atoms with Crippen molar-refractivity contribution in [3.63, 3.8) is 0 Å². The fourth-order valence-electron chi connectivity index (χ4n) is 2.78. The molecule has 0 unspecified atom stereocenters. The normalized spacial score (nSPS) is 11.0. The molecule has 0 atom stereocenters. The molecule has 0 N–H and O–H groups in total. The van der Waals surface area contributed by atoms with Crippen molar-refractivity contribution >= 4 is 34.3 Å². The van der Waals surface area contributed by atoms with Crippen molar-refractivity contribution in [1.82, 2.24) is 19.7 Å². The predicted molar refractivity (Wildman–Crippen MR) is 111 cm³/mol. The Morgan fingerprint density at radius 3 is 2.50 bits per heavy atom. The molecule has 0 radical (unpaired) electrons. The lowest BCUT2D eigenvalue weighted by atomic mass is 10.1. The van der Waals surface area contributed by atoms with Gasteiger partial charge < -0.3 is 9.47 Å². The molecule has 0 bridgehead atoms. The molecule has 0 saturated carbocycles. The summed E-state index contributed by atoms with van der Waals surface area (Å²) in [6.07, 6.45) is 1.69. The summed E-state index contributed by atoms with van der Waals surface area (Å²) in [6.45, 7) is 0. The average Bonchev–Trinajstić information content (AvgIpc) is 3.20. The minimum Gasteiger partial charge on any atom is -0.497 e. The van der Waals surface area contributed by atoms with E-state index in [0.29, 0.717) is 10.9 Å². The van der Waals surface area contributed by atoms with Crippen LogP contribution in [0.4, 0.5) is 0 Å². The van der Waals surface area contributed by atoms with Gasteiger partial charge in [-0.2, -0.15) is 0 Å². The molecule has 0 aliphatic heterocycles. The van der Waals surface area contributed by atoms with Crippen LogP contribution in [-0.4, -0.2) is 34.0 Å². The highest BCUT2D eigenvalue weighted by atomic mass is 35.5. The first-order valence-electron chi connectivity index (χ1n) is 8.48. The van der Waals surface area contributed by atoms with Crippen LogP contribution in [0.2, 0.25) is 5.15 Å². The van der Waals surface area contributed by atoms with Crippen LogP contribution in [0.15, 0.2) is 60.0 Å². The second-order valence-corrected chi connectivity index (χ2v) is 7.27. The highest BCUT2D eigenvalue weighted by molar-refractivity contribution is 7.98. The summed E-state index contributed by atoms with van der Waals surface area (Å²) in [5.74, 6) is 2.19. The molecular formula is C20H17ClN4O2S. The summed E-state index contributed by atoms with van der Waals surface area (Å²) in [7, 11) is 3.28. The highest BCUT2D eigenvalue weighted by Gasteiger charge is 2.11. The zero-order valence-electron chi connectivity index (χ0n) is 15.3. The van der Waals surface area contributed by atoms with E-state index in [4.69, 9.17) is 21.1 Å². The number of ether oxygens (including phenoxy) is 2. The Bertz CT molecular complexity index is 1120. The molecule has 2 aromatic carbocycles. The van der Waals surface area contributed by atoms with E-state index in [1.807, 2.05) is 53.1 Å². The molecule has 0 amide bonds. The van der Waals surface area contributed by atoms with Crippen molar-refractivity contribution in [3.8, 4) is 17.2 Å². The van der Waals surface area contributed by atoms with Gasteiger partial charge in [0, 0.05) is 28.5 Å². The van der Waals surface area contributed by atoms with Crippen molar-refractivity contribution in [2.45, 2.75) is 10.9 Å². The lowest BCUT2D eigenvalue weighted by Crippen LogP contribution is -1.96. The molecular weight excluding hydrogens is 396 g/mol. The van der Waals surface area contributed by atoms with Crippen LogP contribution in [0.25, 0.3) is 16.6 Å². The minimum absolute atomic E-state index is 0.476. The zero-order chi connectivity index (χ0) is 19.5. The van der Waals surface area contributed by atoms with Gasteiger partial charge in [-0.05, 0) is 42.5 Å². The number of nitrogens with zero attached hydrogens (tertiary/aromatic N) is 4. The van der Waals surface area contributed by atoms with Crippen molar-refractivity contribution in [2.75, 3.05) is 14.2 Å². The third-order valence-corrected chi connectivity index (χ3v) is 5.59. The number of aromatic nitrogens is 4. The Morgan fingerprint density at radius 1 is 1.00 bits per heavy atom.